The number of ether oxygens (including phenoxy) is 1. The monoisotopic (exact) mass is 329 g/mol. The molecule has 0 amide bonds. The van der Waals surface area contributed by atoms with Gasteiger partial charge in [-0.15, -0.1) is 0 Å². The molecule has 2 nitrogen and oxygen atoms in total. The van der Waals surface area contributed by atoms with Crippen molar-refractivity contribution < 1.29 is 4.74 Å². The maximum Gasteiger partial charge on any atom is 0.0757 e. The fraction of sp³-hybridized carbons (Fsp3) is 0.647. The van der Waals surface area contributed by atoms with E-state index < -0.39 is 0 Å². The van der Waals surface area contributed by atoms with Crippen LogP contribution in [0.4, 0.5) is 0 Å². The molecule has 0 radical (unpaired) electrons. The maximum absolute atomic E-state index is 6.46. The third-order valence-electron chi connectivity index (χ3n) is 4.38. The lowest BCUT2D eigenvalue weighted by atomic mass is 9.81. The first-order chi connectivity index (χ1) is 10.1. The molecule has 1 aromatic carbocycles. The molecular formula is C17H25Cl2NO. The van der Waals surface area contributed by atoms with E-state index in [4.69, 9.17) is 33.7 Å². The van der Waals surface area contributed by atoms with Gasteiger partial charge in [-0.05, 0) is 43.7 Å². The maximum atomic E-state index is 6.46. The second kappa shape index (κ2) is 8.38. The van der Waals surface area contributed by atoms with Gasteiger partial charge in [0.05, 0.1) is 16.1 Å². The average molecular weight is 330 g/mol. The van der Waals surface area contributed by atoms with Gasteiger partial charge in [-0.3, -0.25) is 0 Å². The second-order valence-corrected chi connectivity index (χ2v) is 6.68. The highest BCUT2D eigenvalue weighted by atomic mass is 35.5. The van der Waals surface area contributed by atoms with Gasteiger partial charge in [0, 0.05) is 12.6 Å². The first-order valence-corrected chi connectivity index (χ1v) is 8.69. The van der Waals surface area contributed by atoms with Crippen LogP contribution in [0.1, 0.15) is 44.6 Å². The summed E-state index contributed by atoms with van der Waals surface area (Å²) in [5, 5.41) is 1.21. The van der Waals surface area contributed by atoms with Gasteiger partial charge >= 0.3 is 0 Å². The minimum absolute atomic E-state index is 0.0379. The molecular weight excluding hydrogens is 305 g/mol. The quantitative estimate of drug-likeness (QED) is 0.809. The highest BCUT2D eigenvalue weighted by Gasteiger charge is 2.29. The largest absolute Gasteiger partial charge is 0.377 e. The first-order valence-electron chi connectivity index (χ1n) is 7.93. The van der Waals surface area contributed by atoms with Crippen molar-refractivity contribution in [1.29, 1.82) is 0 Å². The molecule has 1 saturated carbocycles. The summed E-state index contributed by atoms with van der Waals surface area (Å²) < 4.78 is 5.98. The zero-order valence-corrected chi connectivity index (χ0v) is 14.2. The fourth-order valence-electron chi connectivity index (χ4n) is 3.34. The summed E-state index contributed by atoms with van der Waals surface area (Å²) >= 11 is 12.4. The fourth-order valence-corrected chi connectivity index (χ4v) is 3.74. The molecule has 1 aliphatic rings. The third-order valence-corrected chi connectivity index (χ3v) is 5.24. The molecule has 0 heterocycles. The number of hydrogen-bond donors (Lipinski definition) is 1. The number of hydrogen-bond acceptors (Lipinski definition) is 2. The molecule has 0 bridgehead atoms. The molecule has 0 spiro atoms. The molecule has 0 aromatic heterocycles. The number of halogens is 2. The molecule has 2 atom stereocenters. The van der Waals surface area contributed by atoms with E-state index in [0.29, 0.717) is 29.0 Å². The molecule has 1 aliphatic carbocycles. The van der Waals surface area contributed by atoms with E-state index in [1.807, 2.05) is 19.1 Å². The molecule has 1 fully saturated rings. The Morgan fingerprint density at radius 2 is 1.95 bits per heavy atom. The van der Waals surface area contributed by atoms with Crippen LogP contribution in [0, 0.1) is 5.92 Å². The van der Waals surface area contributed by atoms with Crippen LogP contribution in [-0.2, 0) is 11.2 Å². The lowest BCUT2D eigenvalue weighted by Crippen LogP contribution is -2.44. The molecule has 118 valence electrons. The van der Waals surface area contributed by atoms with Crippen molar-refractivity contribution in [3.63, 3.8) is 0 Å². The summed E-state index contributed by atoms with van der Waals surface area (Å²) in [6.45, 7) is 2.74. The van der Waals surface area contributed by atoms with Gasteiger partial charge in [-0.1, -0.05) is 54.6 Å². The predicted octanol–water partition coefficient (Wildman–Crippen LogP) is 4.85. The van der Waals surface area contributed by atoms with Crippen molar-refractivity contribution in [2.45, 2.75) is 57.6 Å². The third kappa shape index (κ3) is 4.59. The van der Waals surface area contributed by atoms with E-state index in [0.717, 1.165) is 5.56 Å². The van der Waals surface area contributed by atoms with Gasteiger partial charge in [0.25, 0.3) is 0 Å². The van der Waals surface area contributed by atoms with Crippen LogP contribution in [0.2, 0.25) is 10.0 Å². The zero-order chi connectivity index (χ0) is 15.2. The van der Waals surface area contributed by atoms with Crippen molar-refractivity contribution in [1.82, 2.24) is 0 Å². The van der Waals surface area contributed by atoms with Gasteiger partial charge in [0.2, 0.25) is 0 Å². The molecule has 2 rings (SSSR count). The number of rotatable bonds is 6. The van der Waals surface area contributed by atoms with Crippen molar-refractivity contribution in [2.75, 3.05) is 6.61 Å². The Bertz CT molecular complexity index is 446. The molecule has 2 N–H and O–H groups in total. The van der Waals surface area contributed by atoms with E-state index in [1.54, 1.807) is 6.07 Å². The lowest BCUT2D eigenvalue weighted by Gasteiger charge is -2.34. The van der Waals surface area contributed by atoms with E-state index >= 15 is 0 Å². The van der Waals surface area contributed by atoms with Crippen LogP contribution in [0.3, 0.4) is 0 Å². The summed E-state index contributed by atoms with van der Waals surface area (Å²) in [4.78, 5) is 0. The Morgan fingerprint density at radius 3 is 2.62 bits per heavy atom. The summed E-state index contributed by atoms with van der Waals surface area (Å²) in [7, 11) is 0. The minimum Gasteiger partial charge on any atom is -0.377 e. The van der Waals surface area contributed by atoms with E-state index in [9.17, 15) is 0 Å². The molecule has 2 unspecified atom stereocenters. The van der Waals surface area contributed by atoms with E-state index in [1.165, 1.54) is 32.1 Å². The second-order valence-electron chi connectivity index (χ2n) is 5.90. The van der Waals surface area contributed by atoms with Crippen molar-refractivity contribution >= 4 is 23.2 Å². The SMILES string of the molecule is CCOC(C(N)Cc1cccc(Cl)c1Cl)C1CCCCC1. The van der Waals surface area contributed by atoms with Crippen LogP contribution in [0.5, 0.6) is 0 Å². The Balaban J connectivity index is 2.07. The molecule has 4 heteroatoms. The van der Waals surface area contributed by atoms with Crippen LogP contribution in [0.15, 0.2) is 18.2 Å². The smallest absolute Gasteiger partial charge is 0.0757 e. The van der Waals surface area contributed by atoms with E-state index in [2.05, 4.69) is 0 Å². The molecule has 1 aromatic rings. The first kappa shape index (κ1) is 17.1. The van der Waals surface area contributed by atoms with Crippen LogP contribution < -0.4 is 5.73 Å². The van der Waals surface area contributed by atoms with Crippen LogP contribution in [0.25, 0.3) is 0 Å². The lowest BCUT2D eigenvalue weighted by molar-refractivity contribution is -0.00911. The van der Waals surface area contributed by atoms with Gasteiger partial charge in [0.1, 0.15) is 0 Å². The Hall–Kier alpha value is -0.280. The Kier molecular flexibility index (Phi) is 6.81. The summed E-state index contributed by atoms with van der Waals surface area (Å²) in [6.07, 6.45) is 7.19. The highest BCUT2D eigenvalue weighted by Crippen LogP contribution is 2.31. The molecule has 0 saturated heterocycles. The number of benzene rings is 1. The summed E-state index contributed by atoms with van der Waals surface area (Å²) in [6, 6.07) is 5.69. The van der Waals surface area contributed by atoms with Crippen molar-refractivity contribution in [3.05, 3.63) is 33.8 Å². The van der Waals surface area contributed by atoms with Gasteiger partial charge in [-0.25, -0.2) is 0 Å². The standard InChI is InChI=1S/C17H25Cl2NO/c1-2-21-17(12-7-4-3-5-8-12)15(20)11-13-9-6-10-14(18)16(13)19/h6,9-10,12,15,17H,2-5,7-8,11,20H2,1H3. The van der Waals surface area contributed by atoms with Gasteiger partial charge in [-0.2, -0.15) is 0 Å². The molecule has 0 aliphatic heterocycles. The molecule has 21 heavy (non-hydrogen) atoms. The highest BCUT2D eigenvalue weighted by molar-refractivity contribution is 6.42. The summed E-state index contributed by atoms with van der Waals surface area (Å²) in [5.41, 5.74) is 7.47. The van der Waals surface area contributed by atoms with E-state index in [-0.39, 0.29) is 12.1 Å². The average Bonchev–Trinajstić information content (AvgIpc) is 2.50. The minimum atomic E-state index is -0.0379. The predicted molar refractivity (Wildman–Crippen MR) is 90.1 cm³/mol. The van der Waals surface area contributed by atoms with Gasteiger partial charge in [0.15, 0.2) is 0 Å². The van der Waals surface area contributed by atoms with Crippen LogP contribution in [-0.4, -0.2) is 18.8 Å². The topological polar surface area (TPSA) is 35.2 Å². The van der Waals surface area contributed by atoms with Gasteiger partial charge < -0.3 is 10.5 Å². The normalized spacial score (nSPS) is 19.4. The van der Waals surface area contributed by atoms with Crippen molar-refractivity contribution in [3.8, 4) is 0 Å². The summed E-state index contributed by atoms with van der Waals surface area (Å²) in [5.74, 6) is 0.576. The van der Waals surface area contributed by atoms with Crippen molar-refractivity contribution in [2.24, 2.45) is 11.7 Å². The Labute approximate surface area is 137 Å². The Morgan fingerprint density at radius 1 is 1.24 bits per heavy atom. The zero-order valence-electron chi connectivity index (χ0n) is 12.7. The number of nitrogens with two attached hydrogens (primary N) is 1. The van der Waals surface area contributed by atoms with Crippen LogP contribution >= 0.6 is 23.2 Å².